The number of amides is 1. The van der Waals surface area contributed by atoms with Gasteiger partial charge in [-0.3, -0.25) is 14.7 Å². The Balaban J connectivity index is 1.38. The Bertz CT molecular complexity index is 1360. The van der Waals surface area contributed by atoms with E-state index in [1.807, 2.05) is 31.2 Å². The highest BCUT2D eigenvalue weighted by molar-refractivity contribution is 5.81. The summed E-state index contributed by atoms with van der Waals surface area (Å²) in [5.74, 6) is 0.596. The van der Waals surface area contributed by atoms with E-state index in [0.29, 0.717) is 13.0 Å². The fourth-order valence-electron chi connectivity index (χ4n) is 5.24. The number of carbonyl (C=O) groups excluding carboxylic acids is 1. The molecule has 0 spiro atoms. The van der Waals surface area contributed by atoms with Gasteiger partial charge in [0.25, 0.3) is 5.91 Å². The third kappa shape index (κ3) is 6.12. The number of ether oxygens (including phenoxy) is 1. The molecule has 0 aliphatic carbocycles. The van der Waals surface area contributed by atoms with Gasteiger partial charge in [0.05, 0.1) is 18.3 Å². The monoisotopic (exact) mass is 505 g/mol. The summed E-state index contributed by atoms with van der Waals surface area (Å²) in [6, 6.07) is 31.6. The van der Waals surface area contributed by atoms with E-state index < -0.39 is 6.10 Å². The maximum Gasteiger partial charge on any atom is 0.261 e. The molecule has 5 nitrogen and oxygen atoms in total. The lowest BCUT2D eigenvalue weighted by Gasteiger charge is -2.38. The molecule has 4 aromatic rings. The van der Waals surface area contributed by atoms with Crippen LogP contribution in [0.4, 0.5) is 0 Å². The van der Waals surface area contributed by atoms with Crippen molar-refractivity contribution in [1.29, 1.82) is 0 Å². The van der Waals surface area contributed by atoms with E-state index in [1.54, 1.807) is 6.20 Å². The maximum absolute atomic E-state index is 12.9. The summed E-state index contributed by atoms with van der Waals surface area (Å²) in [5, 5.41) is 2.97. The zero-order valence-corrected chi connectivity index (χ0v) is 22.1. The second-order valence-corrected chi connectivity index (χ2v) is 9.94. The highest BCUT2D eigenvalue weighted by atomic mass is 16.5. The van der Waals surface area contributed by atoms with Gasteiger partial charge < -0.3 is 10.1 Å². The van der Waals surface area contributed by atoms with Gasteiger partial charge >= 0.3 is 0 Å². The second-order valence-electron chi connectivity index (χ2n) is 9.94. The third-order valence-electron chi connectivity index (χ3n) is 7.14. The normalized spacial score (nSPS) is 15.9. The molecule has 1 aromatic heterocycles. The first-order valence-corrected chi connectivity index (χ1v) is 13.4. The Morgan fingerprint density at radius 2 is 1.87 bits per heavy atom. The zero-order chi connectivity index (χ0) is 26.3. The van der Waals surface area contributed by atoms with Crippen LogP contribution in [-0.4, -0.2) is 28.4 Å². The van der Waals surface area contributed by atoms with Crippen LogP contribution < -0.4 is 10.1 Å². The van der Waals surface area contributed by atoms with Gasteiger partial charge in [0.2, 0.25) is 0 Å². The lowest BCUT2D eigenvalue weighted by atomic mass is 9.87. The number of carbonyl (C=O) groups is 1. The molecule has 3 aromatic carbocycles. The highest BCUT2D eigenvalue weighted by Crippen LogP contribution is 2.38. The summed E-state index contributed by atoms with van der Waals surface area (Å²) >= 11 is 0. The molecule has 1 amide bonds. The van der Waals surface area contributed by atoms with Crippen LogP contribution in [0.5, 0.6) is 5.75 Å². The largest absolute Gasteiger partial charge is 0.481 e. The van der Waals surface area contributed by atoms with Crippen molar-refractivity contribution in [2.45, 2.75) is 51.9 Å². The molecule has 38 heavy (non-hydrogen) atoms. The van der Waals surface area contributed by atoms with E-state index >= 15 is 0 Å². The number of hydrogen-bond acceptors (Lipinski definition) is 4. The summed E-state index contributed by atoms with van der Waals surface area (Å²) in [7, 11) is 0. The summed E-state index contributed by atoms with van der Waals surface area (Å²) in [5.41, 5.74) is 7.26. The standard InChI is InChI=1S/C33H35N3O2/c1-3-31(33(37)35-22-28-14-7-8-18-34-28)38-29-16-15-26-17-19-36(23-25-11-9-10-24(2)20-25)32(30(26)21-29)27-12-5-4-6-13-27/h4-16,18,20-21,31-32H,3,17,19,22-23H2,1-2H3,(H,35,37)/t31-,32-/m1/s1. The molecule has 0 fully saturated rings. The first-order valence-electron chi connectivity index (χ1n) is 13.4. The minimum atomic E-state index is -0.570. The van der Waals surface area contributed by atoms with Crippen LogP contribution in [0.1, 0.15) is 52.9 Å². The molecule has 0 saturated carbocycles. The van der Waals surface area contributed by atoms with Crippen LogP contribution in [-0.2, 0) is 24.3 Å². The van der Waals surface area contributed by atoms with Crippen LogP contribution in [0.25, 0.3) is 0 Å². The van der Waals surface area contributed by atoms with Crippen molar-refractivity contribution in [2.24, 2.45) is 0 Å². The van der Waals surface area contributed by atoms with Crippen molar-refractivity contribution in [1.82, 2.24) is 15.2 Å². The highest BCUT2D eigenvalue weighted by Gasteiger charge is 2.30. The first-order chi connectivity index (χ1) is 18.6. The summed E-state index contributed by atoms with van der Waals surface area (Å²) in [4.78, 5) is 19.8. The fraction of sp³-hybridized carbons (Fsp3) is 0.273. The molecule has 194 valence electrons. The molecule has 1 aliphatic heterocycles. The van der Waals surface area contributed by atoms with Gasteiger partial charge in [0, 0.05) is 19.3 Å². The van der Waals surface area contributed by atoms with Crippen LogP contribution in [0.2, 0.25) is 0 Å². The average molecular weight is 506 g/mol. The molecule has 0 radical (unpaired) electrons. The van der Waals surface area contributed by atoms with Crippen molar-refractivity contribution in [3.63, 3.8) is 0 Å². The molecular weight excluding hydrogens is 470 g/mol. The number of hydrogen-bond donors (Lipinski definition) is 1. The van der Waals surface area contributed by atoms with Gasteiger partial charge in [0.15, 0.2) is 6.10 Å². The number of nitrogens with zero attached hydrogens (tertiary/aromatic N) is 2. The molecule has 0 unspecified atom stereocenters. The molecule has 2 atom stereocenters. The van der Waals surface area contributed by atoms with Crippen molar-refractivity contribution in [3.8, 4) is 5.75 Å². The van der Waals surface area contributed by atoms with Gasteiger partial charge in [-0.05, 0) is 66.3 Å². The molecule has 5 heteroatoms. The number of pyridine rings is 1. The molecule has 5 rings (SSSR count). The SMILES string of the molecule is CC[C@@H](Oc1ccc2c(c1)[C@@H](c1ccccc1)N(Cc1cccc(C)c1)CC2)C(=O)NCc1ccccn1. The Morgan fingerprint density at radius 3 is 2.63 bits per heavy atom. The Morgan fingerprint density at radius 1 is 1.03 bits per heavy atom. The first kappa shape index (κ1) is 25.7. The summed E-state index contributed by atoms with van der Waals surface area (Å²) in [6.45, 7) is 6.35. The fourth-order valence-corrected chi connectivity index (χ4v) is 5.24. The number of aromatic nitrogens is 1. The van der Waals surface area contributed by atoms with Crippen LogP contribution in [0.3, 0.4) is 0 Å². The Kier molecular flexibility index (Phi) is 8.15. The van der Waals surface area contributed by atoms with Gasteiger partial charge in [0.1, 0.15) is 5.75 Å². The van der Waals surface area contributed by atoms with E-state index in [0.717, 1.165) is 31.0 Å². The predicted molar refractivity (Wildman–Crippen MR) is 151 cm³/mol. The molecule has 0 bridgehead atoms. The van der Waals surface area contributed by atoms with E-state index in [-0.39, 0.29) is 11.9 Å². The Labute approximate surface area is 225 Å². The van der Waals surface area contributed by atoms with Crippen LogP contribution in [0, 0.1) is 6.92 Å². The lowest BCUT2D eigenvalue weighted by Crippen LogP contribution is -2.38. The molecule has 1 aliphatic rings. The summed E-state index contributed by atoms with van der Waals surface area (Å²) in [6.07, 6.45) is 2.71. The van der Waals surface area contributed by atoms with Gasteiger partial charge in [-0.2, -0.15) is 0 Å². The van der Waals surface area contributed by atoms with Crippen LogP contribution >= 0.6 is 0 Å². The quantitative estimate of drug-likeness (QED) is 0.303. The predicted octanol–water partition coefficient (Wildman–Crippen LogP) is 6.01. The number of nitrogens with one attached hydrogen (secondary N) is 1. The zero-order valence-electron chi connectivity index (χ0n) is 22.1. The number of benzene rings is 3. The lowest BCUT2D eigenvalue weighted by molar-refractivity contribution is -0.128. The van der Waals surface area contributed by atoms with E-state index in [9.17, 15) is 4.79 Å². The Hall–Kier alpha value is -3.96. The van der Waals surface area contributed by atoms with E-state index in [2.05, 4.69) is 88.9 Å². The molecule has 1 N–H and O–H groups in total. The van der Waals surface area contributed by atoms with E-state index in [4.69, 9.17) is 4.74 Å². The van der Waals surface area contributed by atoms with Gasteiger partial charge in [-0.15, -0.1) is 0 Å². The van der Waals surface area contributed by atoms with E-state index in [1.165, 1.54) is 27.8 Å². The maximum atomic E-state index is 12.9. The molecule has 0 saturated heterocycles. The second kappa shape index (κ2) is 12.1. The number of fused-ring (bicyclic) bond motifs is 1. The summed E-state index contributed by atoms with van der Waals surface area (Å²) < 4.78 is 6.28. The van der Waals surface area contributed by atoms with Gasteiger partial charge in [-0.25, -0.2) is 0 Å². The minimum Gasteiger partial charge on any atom is -0.481 e. The smallest absolute Gasteiger partial charge is 0.261 e. The number of aryl methyl sites for hydroxylation is 1. The van der Waals surface area contributed by atoms with Crippen molar-refractivity contribution in [2.75, 3.05) is 6.54 Å². The molecule has 2 heterocycles. The van der Waals surface area contributed by atoms with Crippen LogP contribution in [0.15, 0.2) is 97.2 Å². The average Bonchev–Trinajstić information content (AvgIpc) is 2.95. The van der Waals surface area contributed by atoms with Crippen molar-refractivity contribution < 1.29 is 9.53 Å². The van der Waals surface area contributed by atoms with Gasteiger partial charge in [-0.1, -0.05) is 79.2 Å². The number of rotatable bonds is 9. The third-order valence-corrected chi connectivity index (χ3v) is 7.14. The minimum absolute atomic E-state index is 0.113. The molecular formula is C33H35N3O2. The van der Waals surface area contributed by atoms with Crippen molar-refractivity contribution in [3.05, 3.63) is 131 Å². The topological polar surface area (TPSA) is 54.5 Å². The van der Waals surface area contributed by atoms with Crippen molar-refractivity contribution >= 4 is 5.91 Å².